The van der Waals surface area contributed by atoms with Gasteiger partial charge in [-0.05, 0) is 5.16 Å². The molecule has 0 unspecified atom stereocenters. The third kappa shape index (κ3) is 0.810. The highest BCUT2D eigenvalue weighted by Crippen LogP contribution is 2.15. The zero-order chi connectivity index (χ0) is 8.55. The molecule has 12 heavy (non-hydrogen) atoms. The van der Waals surface area contributed by atoms with Crippen molar-refractivity contribution < 1.29 is 14.6 Å². The Kier molecular flexibility index (Phi) is 1.39. The van der Waals surface area contributed by atoms with Gasteiger partial charge >= 0.3 is 0 Å². The molecule has 0 amide bonds. The summed E-state index contributed by atoms with van der Waals surface area (Å²) in [4.78, 5) is 11.3. The van der Waals surface area contributed by atoms with Crippen molar-refractivity contribution in [2.45, 2.75) is 12.8 Å². The van der Waals surface area contributed by atoms with Crippen molar-refractivity contribution in [3.05, 3.63) is 11.4 Å². The topological polar surface area (TPSA) is 88.6 Å². The lowest BCUT2D eigenvalue weighted by Gasteiger charge is -2.05. The number of oxime groups is 1. The molecule has 1 N–H and O–H groups in total. The Morgan fingerprint density at radius 3 is 3.00 bits per heavy atom. The zero-order valence-electron chi connectivity index (χ0n) is 6.02. The molecule has 0 aliphatic heterocycles. The molecule has 0 saturated heterocycles. The highest BCUT2D eigenvalue weighted by molar-refractivity contribution is 6.46. The zero-order valence-corrected chi connectivity index (χ0v) is 6.02. The highest BCUT2D eigenvalue weighted by atomic mass is 16.6. The van der Waals surface area contributed by atoms with Crippen LogP contribution in [-0.4, -0.2) is 27.0 Å². The molecule has 1 aliphatic rings. The molecule has 0 radical (unpaired) electrons. The number of carbonyl (C=O) groups excluding carboxylic acids is 1. The SMILES string of the molecule is O=C1/C(=N\O)CCc2nonc21. The summed E-state index contributed by atoms with van der Waals surface area (Å²) in [5, 5.41) is 18.2. The van der Waals surface area contributed by atoms with Crippen molar-refractivity contribution >= 4 is 11.5 Å². The van der Waals surface area contributed by atoms with Gasteiger partial charge in [0.05, 0.1) is 0 Å². The van der Waals surface area contributed by atoms with Crippen LogP contribution < -0.4 is 0 Å². The fourth-order valence-electron chi connectivity index (χ4n) is 1.13. The Hall–Kier alpha value is -1.72. The van der Waals surface area contributed by atoms with E-state index in [4.69, 9.17) is 5.21 Å². The standard InChI is InChI=1S/C6H5N3O3/c10-6-4(7-11)2-1-3-5(6)9-12-8-3/h11H,1-2H2/b7-4-. The second-order valence-corrected chi connectivity index (χ2v) is 2.44. The molecule has 6 heteroatoms. The molecule has 0 bridgehead atoms. The van der Waals surface area contributed by atoms with Crippen LogP contribution in [0.2, 0.25) is 0 Å². The first-order chi connectivity index (χ1) is 5.83. The van der Waals surface area contributed by atoms with Gasteiger partial charge in [0.25, 0.3) is 0 Å². The van der Waals surface area contributed by atoms with Crippen LogP contribution >= 0.6 is 0 Å². The summed E-state index contributed by atoms with van der Waals surface area (Å²) >= 11 is 0. The minimum atomic E-state index is -0.403. The fourth-order valence-corrected chi connectivity index (χ4v) is 1.13. The molecule has 0 fully saturated rings. The van der Waals surface area contributed by atoms with E-state index in [-0.39, 0.29) is 11.4 Å². The molecular formula is C6H5N3O3. The lowest BCUT2D eigenvalue weighted by atomic mass is 9.98. The molecular weight excluding hydrogens is 162 g/mol. The summed E-state index contributed by atoms with van der Waals surface area (Å²) < 4.78 is 4.37. The first-order valence-corrected chi connectivity index (χ1v) is 3.40. The number of hydrogen-bond donors (Lipinski definition) is 1. The predicted molar refractivity (Wildman–Crippen MR) is 36.2 cm³/mol. The quantitative estimate of drug-likeness (QED) is 0.435. The van der Waals surface area contributed by atoms with Crippen molar-refractivity contribution in [2.24, 2.45) is 5.16 Å². The molecule has 2 rings (SSSR count). The van der Waals surface area contributed by atoms with Gasteiger partial charge in [-0.15, -0.1) is 0 Å². The van der Waals surface area contributed by atoms with Gasteiger partial charge in [0.2, 0.25) is 5.78 Å². The number of hydrogen-bond acceptors (Lipinski definition) is 6. The third-order valence-electron chi connectivity index (χ3n) is 1.75. The number of aryl methyl sites for hydroxylation is 1. The van der Waals surface area contributed by atoms with Crippen LogP contribution in [0.4, 0.5) is 0 Å². The number of carbonyl (C=O) groups is 1. The second-order valence-electron chi connectivity index (χ2n) is 2.44. The Balaban J connectivity index is 2.49. The van der Waals surface area contributed by atoms with Crippen molar-refractivity contribution in [1.82, 2.24) is 10.3 Å². The molecule has 0 atom stereocenters. The van der Waals surface area contributed by atoms with E-state index >= 15 is 0 Å². The summed E-state index contributed by atoms with van der Waals surface area (Å²) in [6, 6.07) is 0. The molecule has 0 saturated carbocycles. The minimum absolute atomic E-state index is 0.109. The Labute approximate surface area is 66.8 Å². The number of ketones is 1. The maximum Gasteiger partial charge on any atom is 0.234 e. The lowest BCUT2D eigenvalue weighted by molar-refractivity contribution is 0.104. The third-order valence-corrected chi connectivity index (χ3v) is 1.75. The van der Waals surface area contributed by atoms with Gasteiger partial charge in [-0.2, -0.15) is 0 Å². The monoisotopic (exact) mass is 167 g/mol. The van der Waals surface area contributed by atoms with E-state index in [0.29, 0.717) is 18.5 Å². The van der Waals surface area contributed by atoms with E-state index < -0.39 is 5.78 Å². The Morgan fingerprint density at radius 1 is 1.42 bits per heavy atom. The van der Waals surface area contributed by atoms with Crippen molar-refractivity contribution in [3.8, 4) is 0 Å². The molecule has 62 valence electrons. The van der Waals surface area contributed by atoms with Crippen LogP contribution in [0, 0.1) is 0 Å². The highest BCUT2D eigenvalue weighted by Gasteiger charge is 2.28. The normalized spacial score (nSPS) is 19.7. The van der Waals surface area contributed by atoms with Crippen LogP contribution in [0.5, 0.6) is 0 Å². The maximum absolute atomic E-state index is 11.3. The summed E-state index contributed by atoms with van der Waals surface area (Å²) in [5.74, 6) is -0.403. The Bertz CT molecular complexity index is 355. The van der Waals surface area contributed by atoms with Gasteiger partial charge in [-0.3, -0.25) is 4.79 Å². The number of Topliss-reactive ketones (excluding diaryl/α,β-unsaturated/α-hetero) is 1. The van der Waals surface area contributed by atoms with Gasteiger partial charge in [0.1, 0.15) is 11.4 Å². The first-order valence-electron chi connectivity index (χ1n) is 3.40. The van der Waals surface area contributed by atoms with Crippen molar-refractivity contribution in [3.63, 3.8) is 0 Å². The summed E-state index contributed by atoms with van der Waals surface area (Å²) in [7, 11) is 0. The van der Waals surface area contributed by atoms with Gasteiger partial charge in [-0.25, -0.2) is 4.63 Å². The van der Waals surface area contributed by atoms with Gasteiger partial charge in [0, 0.05) is 12.8 Å². The number of aromatic nitrogens is 2. The summed E-state index contributed by atoms with van der Waals surface area (Å²) in [6.45, 7) is 0. The van der Waals surface area contributed by atoms with E-state index in [2.05, 4.69) is 20.1 Å². The van der Waals surface area contributed by atoms with Gasteiger partial charge in [-0.1, -0.05) is 10.3 Å². The molecule has 1 aromatic heterocycles. The molecule has 1 heterocycles. The second kappa shape index (κ2) is 2.40. The average molecular weight is 167 g/mol. The first kappa shape index (κ1) is 6.96. The number of fused-ring (bicyclic) bond motifs is 1. The number of rotatable bonds is 0. The fraction of sp³-hybridized carbons (Fsp3) is 0.333. The van der Waals surface area contributed by atoms with Crippen LogP contribution in [0.15, 0.2) is 9.78 Å². The minimum Gasteiger partial charge on any atom is -0.411 e. The predicted octanol–water partition coefficient (Wildman–Crippen LogP) is 0.0287. The van der Waals surface area contributed by atoms with Crippen LogP contribution in [0.25, 0.3) is 0 Å². The van der Waals surface area contributed by atoms with Gasteiger partial charge in [0.15, 0.2) is 5.69 Å². The smallest absolute Gasteiger partial charge is 0.234 e. The Morgan fingerprint density at radius 2 is 2.25 bits per heavy atom. The van der Waals surface area contributed by atoms with E-state index in [1.165, 1.54) is 0 Å². The van der Waals surface area contributed by atoms with Crippen LogP contribution in [0.3, 0.4) is 0 Å². The molecule has 6 nitrogen and oxygen atoms in total. The molecule has 1 aromatic rings. The van der Waals surface area contributed by atoms with E-state index in [0.717, 1.165) is 0 Å². The molecule has 1 aliphatic carbocycles. The van der Waals surface area contributed by atoms with Gasteiger partial charge < -0.3 is 5.21 Å². The van der Waals surface area contributed by atoms with E-state index in [9.17, 15) is 4.79 Å². The van der Waals surface area contributed by atoms with Crippen LogP contribution in [0.1, 0.15) is 22.6 Å². The van der Waals surface area contributed by atoms with Crippen molar-refractivity contribution in [1.29, 1.82) is 0 Å². The summed E-state index contributed by atoms with van der Waals surface area (Å²) in [5.41, 5.74) is 0.805. The molecule has 0 aromatic carbocycles. The lowest BCUT2D eigenvalue weighted by Crippen LogP contribution is -2.22. The average Bonchev–Trinajstić information content (AvgIpc) is 2.53. The number of nitrogens with zero attached hydrogens (tertiary/aromatic N) is 3. The largest absolute Gasteiger partial charge is 0.411 e. The summed E-state index contributed by atoms with van der Waals surface area (Å²) in [6.07, 6.45) is 0.917. The maximum atomic E-state index is 11.3. The van der Waals surface area contributed by atoms with Crippen LogP contribution in [-0.2, 0) is 6.42 Å². The molecule has 0 spiro atoms. The van der Waals surface area contributed by atoms with E-state index in [1.54, 1.807) is 0 Å². The van der Waals surface area contributed by atoms with E-state index in [1.807, 2.05) is 0 Å². The van der Waals surface area contributed by atoms with Crippen molar-refractivity contribution in [2.75, 3.05) is 0 Å².